The largest absolute Gasteiger partial charge is 0.480 e. The van der Waals surface area contributed by atoms with Crippen LogP contribution in [0.5, 0.6) is 5.88 Å². The highest BCUT2D eigenvalue weighted by Gasteiger charge is 2.29. The predicted octanol–water partition coefficient (Wildman–Crippen LogP) is 1.21. The lowest BCUT2D eigenvalue weighted by atomic mass is 10.0. The van der Waals surface area contributed by atoms with Crippen LogP contribution in [0.1, 0.15) is 25.3 Å². The van der Waals surface area contributed by atoms with Crippen molar-refractivity contribution >= 4 is 0 Å². The fourth-order valence-electron chi connectivity index (χ4n) is 2.18. The van der Waals surface area contributed by atoms with Gasteiger partial charge in [0.25, 0.3) is 0 Å². The van der Waals surface area contributed by atoms with Crippen molar-refractivity contribution in [3.05, 3.63) is 18.0 Å². The molecule has 1 aliphatic rings. The van der Waals surface area contributed by atoms with Gasteiger partial charge in [0, 0.05) is 6.07 Å². The first-order chi connectivity index (χ1) is 9.28. The van der Waals surface area contributed by atoms with Crippen molar-refractivity contribution in [1.29, 1.82) is 0 Å². The number of hydrogen-bond acceptors (Lipinski definition) is 7. The number of rotatable bonds is 3. The lowest BCUT2D eigenvalue weighted by Gasteiger charge is -2.08. The zero-order valence-electron chi connectivity index (χ0n) is 10.8. The highest BCUT2D eigenvalue weighted by molar-refractivity contribution is 5.47. The molecule has 19 heavy (non-hydrogen) atoms. The van der Waals surface area contributed by atoms with Crippen LogP contribution in [0.2, 0.25) is 0 Å². The van der Waals surface area contributed by atoms with Gasteiger partial charge in [0.15, 0.2) is 0 Å². The van der Waals surface area contributed by atoms with E-state index >= 15 is 0 Å². The van der Waals surface area contributed by atoms with Crippen LogP contribution in [-0.4, -0.2) is 34.0 Å². The first-order valence-corrected chi connectivity index (χ1v) is 6.23. The van der Waals surface area contributed by atoms with Gasteiger partial charge in [-0.05, 0) is 24.9 Å². The van der Waals surface area contributed by atoms with Gasteiger partial charge < -0.3 is 14.6 Å². The summed E-state index contributed by atoms with van der Waals surface area (Å²) in [4.78, 5) is 4.38. The molecule has 0 amide bonds. The molecule has 0 spiro atoms. The molecule has 7 heteroatoms. The minimum absolute atomic E-state index is 0.132. The monoisotopic (exact) mass is 261 g/mol. The van der Waals surface area contributed by atoms with Gasteiger partial charge in [0.2, 0.25) is 17.6 Å². The average molecular weight is 261 g/mol. The maximum absolute atomic E-state index is 5.31. The summed E-state index contributed by atoms with van der Waals surface area (Å²) in [7, 11) is 1.54. The van der Waals surface area contributed by atoms with E-state index in [4.69, 9.17) is 9.26 Å². The normalized spacial score (nSPS) is 22.6. The van der Waals surface area contributed by atoms with Crippen LogP contribution in [0.25, 0.3) is 11.5 Å². The van der Waals surface area contributed by atoms with Crippen LogP contribution in [0.4, 0.5) is 0 Å². The molecule has 0 radical (unpaired) electrons. The molecule has 2 atom stereocenters. The molecule has 3 rings (SSSR count). The Bertz CT molecular complexity index is 554. The maximum Gasteiger partial charge on any atom is 0.244 e. The van der Waals surface area contributed by atoms with E-state index in [2.05, 4.69) is 32.6 Å². The van der Waals surface area contributed by atoms with Crippen molar-refractivity contribution in [3.8, 4) is 17.4 Å². The second-order valence-corrected chi connectivity index (χ2v) is 4.61. The molecule has 1 saturated heterocycles. The molecule has 2 aromatic heterocycles. The Balaban J connectivity index is 1.83. The molecule has 7 nitrogen and oxygen atoms in total. The van der Waals surface area contributed by atoms with E-state index in [1.165, 1.54) is 0 Å². The van der Waals surface area contributed by atoms with Gasteiger partial charge in [-0.15, -0.1) is 10.2 Å². The van der Waals surface area contributed by atoms with Crippen molar-refractivity contribution in [3.63, 3.8) is 0 Å². The van der Waals surface area contributed by atoms with Gasteiger partial charge >= 0.3 is 0 Å². The van der Waals surface area contributed by atoms with Crippen LogP contribution in [0.15, 0.2) is 16.7 Å². The van der Waals surface area contributed by atoms with Crippen molar-refractivity contribution < 1.29 is 9.26 Å². The third kappa shape index (κ3) is 2.28. The topological polar surface area (TPSA) is 86.0 Å². The highest BCUT2D eigenvalue weighted by Crippen LogP contribution is 2.28. The summed E-state index contributed by atoms with van der Waals surface area (Å²) in [5, 5.41) is 15.2. The molecule has 0 bridgehead atoms. The van der Waals surface area contributed by atoms with Crippen LogP contribution in [0.3, 0.4) is 0 Å². The molecular weight excluding hydrogens is 246 g/mol. The van der Waals surface area contributed by atoms with E-state index < -0.39 is 0 Å². The Morgan fingerprint density at radius 2 is 2.26 bits per heavy atom. The third-order valence-corrected chi connectivity index (χ3v) is 3.32. The molecule has 100 valence electrons. The van der Waals surface area contributed by atoms with E-state index in [0.717, 1.165) is 13.0 Å². The molecule has 2 aromatic rings. The van der Waals surface area contributed by atoms with E-state index in [1.54, 1.807) is 19.2 Å². The molecule has 1 aliphatic heterocycles. The summed E-state index contributed by atoms with van der Waals surface area (Å²) in [6.07, 6.45) is 1.12. The van der Waals surface area contributed by atoms with Crippen LogP contribution in [0, 0.1) is 5.92 Å². The number of aromatic nitrogens is 4. The molecule has 0 saturated carbocycles. The average Bonchev–Trinajstić information content (AvgIpc) is 3.07. The van der Waals surface area contributed by atoms with Gasteiger partial charge in [0.05, 0.1) is 13.2 Å². The van der Waals surface area contributed by atoms with Gasteiger partial charge in [-0.25, -0.2) is 0 Å². The number of nitrogens with zero attached hydrogens (tertiary/aromatic N) is 4. The van der Waals surface area contributed by atoms with Gasteiger partial charge in [0.1, 0.15) is 5.69 Å². The summed E-state index contributed by atoms with van der Waals surface area (Å²) in [6.45, 7) is 3.15. The first kappa shape index (κ1) is 12.0. The first-order valence-electron chi connectivity index (χ1n) is 6.23. The summed E-state index contributed by atoms with van der Waals surface area (Å²) < 4.78 is 10.3. The SMILES string of the molecule is COc1ccc(-c2noc(C3NCCC3C)n2)nn1. The van der Waals surface area contributed by atoms with Gasteiger partial charge in [-0.1, -0.05) is 12.1 Å². The standard InChI is InChI=1S/C12H15N5O2/c1-7-5-6-13-10(7)12-14-11(17-19-12)8-3-4-9(18-2)16-15-8/h3-4,7,10,13H,5-6H2,1-2H3. The Morgan fingerprint density at radius 3 is 2.89 bits per heavy atom. The molecule has 0 aliphatic carbocycles. The van der Waals surface area contributed by atoms with Crippen LogP contribution >= 0.6 is 0 Å². The minimum Gasteiger partial charge on any atom is -0.480 e. The lowest BCUT2D eigenvalue weighted by Crippen LogP contribution is -2.16. The van der Waals surface area contributed by atoms with Crippen LogP contribution < -0.4 is 10.1 Å². The van der Waals surface area contributed by atoms with E-state index in [1.807, 2.05) is 0 Å². The molecule has 2 unspecified atom stereocenters. The Labute approximate surface area is 110 Å². The van der Waals surface area contributed by atoms with E-state index in [-0.39, 0.29) is 6.04 Å². The second-order valence-electron chi connectivity index (χ2n) is 4.61. The molecular formula is C12H15N5O2. The summed E-state index contributed by atoms with van der Waals surface area (Å²) in [6, 6.07) is 3.60. The number of nitrogens with one attached hydrogen (secondary N) is 1. The van der Waals surface area contributed by atoms with E-state index in [0.29, 0.717) is 29.2 Å². The number of ether oxygens (including phenoxy) is 1. The lowest BCUT2D eigenvalue weighted by molar-refractivity contribution is 0.319. The fourth-order valence-corrected chi connectivity index (χ4v) is 2.18. The van der Waals surface area contributed by atoms with Gasteiger partial charge in [-0.2, -0.15) is 4.98 Å². The fraction of sp³-hybridized carbons (Fsp3) is 0.500. The number of methoxy groups -OCH3 is 1. The summed E-state index contributed by atoms with van der Waals surface area (Å²) >= 11 is 0. The smallest absolute Gasteiger partial charge is 0.244 e. The van der Waals surface area contributed by atoms with E-state index in [9.17, 15) is 0 Å². The van der Waals surface area contributed by atoms with Crippen molar-refractivity contribution in [2.24, 2.45) is 5.92 Å². The zero-order chi connectivity index (χ0) is 13.2. The Morgan fingerprint density at radius 1 is 1.37 bits per heavy atom. The second kappa shape index (κ2) is 4.93. The van der Waals surface area contributed by atoms with Crippen molar-refractivity contribution in [1.82, 2.24) is 25.7 Å². The molecule has 0 aromatic carbocycles. The van der Waals surface area contributed by atoms with Crippen molar-refractivity contribution in [2.75, 3.05) is 13.7 Å². The zero-order valence-corrected chi connectivity index (χ0v) is 10.8. The predicted molar refractivity (Wildman–Crippen MR) is 66.4 cm³/mol. The Kier molecular flexibility index (Phi) is 3.12. The highest BCUT2D eigenvalue weighted by atomic mass is 16.5. The molecule has 1 N–H and O–H groups in total. The Hall–Kier alpha value is -2.02. The van der Waals surface area contributed by atoms with Crippen LogP contribution in [-0.2, 0) is 0 Å². The molecule has 1 fully saturated rings. The number of hydrogen-bond donors (Lipinski definition) is 1. The molecule has 3 heterocycles. The summed E-state index contributed by atoms with van der Waals surface area (Å²) in [5.41, 5.74) is 0.571. The van der Waals surface area contributed by atoms with Gasteiger partial charge in [-0.3, -0.25) is 0 Å². The quantitative estimate of drug-likeness (QED) is 0.888. The minimum atomic E-state index is 0.132. The third-order valence-electron chi connectivity index (χ3n) is 3.32. The summed E-state index contributed by atoms with van der Waals surface area (Å²) in [5.74, 6) is 2.01. The maximum atomic E-state index is 5.31. The van der Waals surface area contributed by atoms with Crippen molar-refractivity contribution in [2.45, 2.75) is 19.4 Å².